The molecule has 6 nitrogen and oxygen atoms in total. The van der Waals surface area contributed by atoms with E-state index in [2.05, 4.69) is 10.3 Å². The number of nitro groups is 1. The highest BCUT2D eigenvalue weighted by Crippen LogP contribution is 2.32. The second kappa shape index (κ2) is 4.64. The van der Waals surface area contributed by atoms with Crippen molar-refractivity contribution in [2.24, 2.45) is 0 Å². The van der Waals surface area contributed by atoms with Gasteiger partial charge in [-0.15, -0.1) is 11.3 Å². The predicted molar refractivity (Wildman–Crippen MR) is 66.6 cm³/mol. The summed E-state index contributed by atoms with van der Waals surface area (Å²) < 4.78 is 0.795. The van der Waals surface area contributed by atoms with Crippen LogP contribution in [0.1, 0.15) is 5.01 Å². The van der Waals surface area contributed by atoms with Crippen LogP contribution in [0, 0.1) is 17.0 Å². The Morgan fingerprint density at radius 1 is 1.59 bits per heavy atom. The van der Waals surface area contributed by atoms with E-state index >= 15 is 0 Å². The third kappa shape index (κ3) is 2.34. The molecule has 0 atom stereocenters. The minimum atomic E-state index is -0.436. The summed E-state index contributed by atoms with van der Waals surface area (Å²) in [6.45, 7) is 2.05. The highest BCUT2D eigenvalue weighted by Gasteiger charge is 2.16. The van der Waals surface area contributed by atoms with Gasteiger partial charge in [0.1, 0.15) is 5.69 Å². The molecule has 0 bridgehead atoms. The van der Waals surface area contributed by atoms with Gasteiger partial charge < -0.3 is 10.4 Å². The molecule has 1 aromatic carbocycles. The number of nitrogens with zero attached hydrogens (tertiary/aromatic N) is 2. The van der Waals surface area contributed by atoms with E-state index in [1.807, 2.05) is 6.92 Å². The lowest BCUT2D eigenvalue weighted by Crippen LogP contribution is -2.07. The summed E-state index contributed by atoms with van der Waals surface area (Å²) in [5.74, 6) is 0. The molecule has 0 saturated carbocycles. The Kier molecular flexibility index (Phi) is 3.21. The minimum Gasteiger partial charge on any atom is -0.395 e. The van der Waals surface area contributed by atoms with Crippen LogP contribution >= 0.6 is 11.3 Å². The summed E-state index contributed by atoms with van der Waals surface area (Å²) in [5, 5.41) is 23.3. The van der Waals surface area contributed by atoms with Crippen molar-refractivity contribution in [3.8, 4) is 0 Å². The van der Waals surface area contributed by atoms with Crippen molar-refractivity contribution in [1.82, 2.24) is 4.98 Å². The summed E-state index contributed by atoms with van der Waals surface area (Å²) in [4.78, 5) is 14.8. The first-order valence-electron chi connectivity index (χ1n) is 5.02. The molecule has 0 aliphatic heterocycles. The molecule has 0 unspecified atom stereocenters. The van der Waals surface area contributed by atoms with E-state index in [1.165, 1.54) is 17.4 Å². The lowest BCUT2D eigenvalue weighted by atomic mass is 10.2. The van der Waals surface area contributed by atoms with Crippen LogP contribution in [0.2, 0.25) is 0 Å². The Morgan fingerprint density at radius 2 is 2.35 bits per heavy atom. The maximum atomic E-state index is 10.9. The number of aromatic nitrogens is 1. The molecule has 0 fully saturated rings. The lowest BCUT2D eigenvalue weighted by molar-refractivity contribution is -0.383. The van der Waals surface area contributed by atoms with Crippen molar-refractivity contribution in [2.45, 2.75) is 6.92 Å². The van der Waals surface area contributed by atoms with E-state index in [9.17, 15) is 10.1 Å². The maximum absolute atomic E-state index is 10.9. The fourth-order valence-electron chi connectivity index (χ4n) is 1.56. The average molecular weight is 253 g/mol. The van der Waals surface area contributed by atoms with E-state index in [0.717, 1.165) is 15.2 Å². The number of nitrogens with one attached hydrogen (secondary N) is 1. The van der Waals surface area contributed by atoms with Crippen LogP contribution in [0.15, 0.2) is 12.1 Å². The first kappa shape index (κ1) is 11.7. The molecular weight excluding hydrogens is 242 g/mol. The van der Waals surface area contributed by atoms with Gasteiger partial charge in [-0.25, -0.2) is 4.98 Å². The van der Waals surface area contributed by atoms with Crippen molar-refractivity contribution in [3.63, 3.8) is 0 Å². The normalized spacial score (nSPS) is 10.7. The minimum absolute atomic E-state index is 0.00889. The van der Waals surface area contributed by atoms with E-state index in [0.29, 0.717) is 5.69 Å². The van der Waals surface area contributed by atoms with E-state index in [4.69, 9.17) is 5.11 Å². The van der Waals surface area contributed by atoms with Gasteiger partial charge in [-0.3, -0.25) is 10.1 Å². The number of hydrogen-bond acceptors (Lipinski definition) is 6. The Bertz CT molecular complexity index is 567. The van der Waals surface area contributed by atoms with Gasteiger partial charge in [0.25, 0.3) is 5.69 Å². The van der Waals surface area contributed by atoms with Crippen LogP contribution in [0.4, 0.5) is 11.4 Å². The number of anilines is 1. The zero-order valence-electron chi connectivity index (χ0n) is 9.14. The molecule has 0 saturated heterocycles. The van der Waals surface area contributed by atoms with Gasteiger partial charge in [0.05, 0.1) is 26.8 Å². The van der Waals surface area contributed by atoms with Crippen LogP contribution in [0.3, 0.4) is 0 Å². The highest BCUT2D eigenvalue weighted by molar-refractivity contribution is 7.18. The van der Waals surface area contributed by atoms with Crippen molar-refractivity contribution in [2.75, 3.05) is 18.5 Å². The molecule has 2 aromatic rings. The Morgan fingerprint density at radius 3 is 3.00 bits per heavy atom. The first-order valence-corrected chi connectivity index (χ1v) is 5.84. The summed E-state index contributed by atoms with van der Waals surface area (Å²) in [5.41, 5.74) is 1.13. The zero-order valence-corrected chi connectivity index (χ0v) is 9.95. The third-order valence-electron chi connectivity index (χ3n) is 2.24. The molecule has 1 aromatic heterocycles. The summed E-state index contributed by atoms with van der Waals surface area (Å²) in [6, 6.07) is 3.16. The molecular formula is C10H11N3O3S. The third-order valence-corrected chi connectivity index (χ3v) is 3.17. The van der Waals surface area contributed by atoms with E-state index in [1.54, 1.807) is 6.07 Å². The summed E-state index contributed by atoms with van der Waals surface area (Å²) in [7, 11) is 0. The van der Waals surface area contributed by atoms with Crippen molar-refractivity contribution < 1.29 is 10.0 Å². The number of aliphatic hydroxyl groups excluding tert-OH is 1. The molecule has 2 N–H and O–H groups in total. The number of aliphatic hydroxyl groups is 1. The average Bonchev–Trinajstić information content (AvgIpc) is 2.63. The number of rotatable bonds is 4. The number of fused-ring (bicyclic) bond motifs is 1. The fraction of sp³-hybridized carbons (Fsp3) is 0.300. The Labute approximate surface area is 101 Å². The maximum Gasteiger partial charge on any atom is 0.293 e. The van der Waals surface area contributed by atoms with Gasteiger partial charge in [-0.05, 0) is 13.0 Å². The number of benzene rings is 1. The fourth-order valence-corrected chi connectivity index (χ4v) is 2.40. The lowest BCUT2D eigenvalue weighted by Gasteiger charge is -2.04. The van der Waals surface area contributed by atoms with Crippen LogP contribution in [0.25, 0.3) is 10.2 Å². The van der Waals surface area contributed by atoms with Gasteiger partial charge in [0.15, 0.2) is 0 Å². The highest BCUT2D eigenvalue weighted by atomic mass is 32.1. The van der Waals surface area contributed by atoms with Crippen molar-refractivity contribution >= 4 is 32.9 Å². The van der Waals surface area contributed by atoms with Gasteiger partial charge >= 0.3 is 0 Å². The van der Waals surface area contributed by atoms with Crippen LogP contribution in [0.5, 0.6) is 0 Å². The molecule has 0 aliphatic carbocycles. The molecule has 7 heteroatoms. The number of thiazole rings is 1. The van der Waals surface area contributed by atoms with Crippen LogP contribution in [-0.4, -0.2) is 28.2 Å². The Balaban J connectivity index is 2.53. The number of aryl methyl sites for hydroxylation is 1. The summed E-state index contributed by atoms with van der Waals surface area (Å²) in [6.07, 6.45) is 0. The monoisotopic (exact) mass is 253 g/mol. The van der Waals surface area contributed by atoms with Gasteiger partial charge in [0, 0.05) is 12.6 Å². The molecule has 1 heterocycles. The zero-order chi connectivity index (χ0) is 12.4. The molecule has 2 rings (SSSR count). The molecule has 90 valence electrons. The quantitative estimate of drug-likeness (QED) is 0.642. The number of hydrogen-bond donors (Lipinski definition) is 2. The number of nitro benzene ring substituents is 1. The largest absolute Gasteiger partial charge is 0.395 e. The Hall–Kier alpha value is -1.73. The van der Waals surface area contributed by atoms with Crippen LogP contribution in [-0.2, 0) is 0 Å². The second-order valence-electron chi connectivity index (χ2n) is 3.48. The SMILES string of the molecule is Cc1nc2cc(NCCO)c([N+](=O)[O-])cc2s1. The van der Waals surface area contributed by atoms with Crippen LogP contribution < -0.4 is 5.32 Å². The van der Waals surface area contributed by atoms with E-state index < -0.39 is 4.92 Å². The molecule has 0 radical (unpaired) electrons. The van der Waals surface area contributed by atoms with Crippen molar-refractivity contribution in [1.29, 1.82) is 0 Å². The van der Waals surface area contributed by atoms with Gasteiger partial charge in [0.2, 0.25) is 0 Å². The molecule has 0 spiro atoms. The van der Waals surface area contributed by atoms with Gasteiger partial charge in [-0.2, -0.15) is 0 Å². The molecule has 0 amide bonds. The first-order chi connectivity index (χ1) is 8.11. The second-order valence-corrected chi connectivity index (χ2v) is 4.71. The summed E-state index contributed by atoms with van der Waals surface area (Å²) >= 11 is 1.42. The standard InChI is InChI=1S/C10H11N3O3S/c1-6-12-8-4-7(11-2-3-14)9(13(15)16)5-10(8)17-6/h4-5,11,14H,2-3H2,1H3. The van der Waals surface area contributed by atoms with E-state index in [-0.39, 0.29) is 18.8 Å². The topological polar surface area (TPSA) is 88.3 Å². The van der Waals surface area contributed by atoms with Crippen molar-refractivity contribution in [3.05, 3.63) is 27.3 Å². The predicted octanol–water partition coefficient (Wildman–Crippen LogP) is 1.92. The molecule has 0 aliphatic rings. The smallest absolute Gasteiger partial charge is 0.293 e. The van der Waals surface area contributed by atoms with Gasteiger partial charge in [-0.1, -0.05) is 0 Å². The molecule has 17 heavy (non-hydrogen) atoms.